The van der Waals surface area contributed by atoms with Crippen LogP contribution in [0.1, 0.15) is 49.1 Å². The van der Waals surface area contributed by atoms with E-state index < -0.39 is 12.0 Å². The summed E-state index contributed by atoms with van der Waals surface area (Å²) >= 11 is 1.26. The molecule has 0 fully saturated rings. The molecule has 2 heterocycles. The topological polar surface area (TPSA) is 97.6 Å². The number of allylic oxidation sites excluding steroid dienone is 1. The molecule has 0 radical (unpaired) electrons. The monoisotopic (exact) mass is 642 g/mol. The third-order valence-electron chi connectivity index (χ3n) is 7.60. The number of hydrogen-bond acceptors (Lipinski definition) is 9. The zero-order chi connectivity index (χ0) is 32.8. The second-order valence-corrected chi connectivity index (χ2v) is 11.7. The molecule has 0 bridgehead atoms. The Labute approximate surface area is 272 Å². The number of hydrogen-bond donors (Lipinski definition) is 0. The molecule has 1 atom stereocenters. The van der Waals surface area contributed by atoms with Gasteiger partial charge in [0.25, 0.3) is 5.56 Å². The van der Waals surface area contributed by atoms with Crippen LogP contribution < -0.4 is 33.8 Å². The van der Waals surface area contributed by atoms with E-state index in [4.69, 9.17) is 23.7 Å². The van der Waals surface area contributed by atoms with E-state index in [2.05, 4.69) is 18.8 Å². The third-order valence-corrected chi connectivity index (χ3v) is 8.58. The quantitative estimate of drug-likeness (QED) is 0.153. The molecule has 5 rings (SSSR count). The Morgan fingerprint density at radius 1 is 0.870 bits per heavy atom. The van der Waals surface area contributed by atoms with Crippen LogP contribution in [-0.2, 0) is 9.53 Å². The molecule has 0 unspecified atom stereocenters. The summed E-state index contributed by atoms with van der Waals surface area (Å²) in [6.07, 6.45) is 1.80. The average molecular weight is 643 g/mol. The summed E-state index contributed by atoms with van der Waals surface area (Å²) in [6.45, 7) is 10.9. The first-order valence-electron chi connectivity index (χ1n) is 15.2. The van der Waals surface area contributed by atoms with Gasteiger partial charge in [0.1, 0.15) is 24.7 Å². The van der Waals surface area contributed by atoms with Crippen molar-refractivity contribution in [2.45, 2.75) is 40.7 Å². The van der Waals surface area contributed by atoms with Gasteiger partial charge in [0, 0.05) is 0 Å². The summed E-state index contributed by atoms with van der Waals surface area (Å²) in [4.78, 5) is 32.3. The maximum Gasteiger partial charge on any atom is 0.338 e. The van der Waals surface area contributed by atoms with Gasteiger partial charge < -0.3 is 23.7 Å². The molecule has 0 saturated carbocycles. The first-order chi connectivity index (χ1) is 22.2. The highest BCUT2D eigenvalue weighted by Crippen LogP contribution is 2.32. The normalized spacial score (nSPS) is 14.4. The van der Waals surface area contributed by atoms with Crippen molar-refractivity contribution < 1.29 is 28.5 Å². The van der Waals surface area contributed by atoms with E-state index in [9.17, 15) is 9.59 Å². The first-order valence-corrected chi connectivity index (χ1v) is 16.0. The number of methoxy groups -OCH3 is 1. The van der Waals surface area contributed by atoms with E-state index in [1.165, 1.54) is 22.5 Å². The molecule has 3 aromatic carbocycles. The second-order valence-electron chi connectivity index (χ2n) is 10.7. The maximum atomic E-state index is 14.0. The predicted octanol–water partition coefficient (Wildman–Crippen LogP) is 5.28. The van der Waals surface area contributed by atoms with Gasteiger partial charge in [0.2, 0.25) is 0 Å². The Morgan fingerprint density at radius 2 is 1.61 bits per heavy atom. The molecule has 1 aliphatic rings. The second kappa shape index (κ2) is 14.5. The number of esters is 1. The molecule has 1 aromatic heterocycles. The van der Waals surface area contributed by atoms with Crippen molar-refractivity contribution in [3.8, 4) is 23.0 Å². The molecule has 0 spiro atoms. The van der Waals surface area contributed by atoms with Crippen molar-refractivity contribution in [2.75, 3.05) is 33.5 Å². The molecule has 1 aliphatic heterocycles. The summed E-state index contributed by atoms with van der Waals surface area (Å²) in [5.41, 5.74) is 4.46. The number of rotatable bonds is 12. The highest BCUT2D eigenvalue weighted by atomic mass is 32.1. The first kappa shape index (κ1) is 32.6. The SMILES string of the molecule is CCOC(=O)C1=C(C)N=c2s/c(=C\c3ccc(OCCOc4ccc(C)c(C)c4)c(OCC)c3)c(=O)n2[C@@H]1c1ccc(OC)cc1. The van der Waals surface area contributed by atoms with Gasteiger partial charge in [-0.15, -0.1) is 0 Å². The lowest BCUT2D eigenvalue weighted by Gasteiger charge is -2.24. The van der Waals surface area contributed by atoms with Gasteiger partial charge >= 0.3 is 5.97 Å². The number of aryl methyl sites for hydroxylation is 2. The number of benzene rings is 3. The van der Waals surface area contributed by atoms with Crippen molar-refractivity contribution in [1.82, 2.24) is 4.57 Å². The van der Waals surface area contributed by atoms with Crippen LogP contribution in [0.15, 0.2) is 81.7 Å². The van der Waals surface area contributed by atoms with Crippen LogP contribution >= 0.6 is 11.3 Å². The number of aromatic nitrogens is 1. The van der Waals surface area contributed by atoms with E-state index in [-0.39, 0.29) is 12.2 Å². The summed E-state index contributed by atoms with van der Waals surface area (Å²) in [5.74, 6) is 2.11. The minimum Gasteiger partial charge on any atom is -0.497 e. The minimum absolute atomic E-state index is 0.205. The minimum atomic E-state index is -0.704. The van der Waals surface area contributed by atoms with E-state index in [0.29, 0.717) is 57.7 Å². The molecule has 46 heavy (non-hydrogen) atoms. The molecule has 240 valence electrons. The number of fused-ring (bicyclic) bond motifs is 1. The van der Waals surface area contributed by atoms with Gasteiger partial charge in [-0.3, -0.25) is 9.36 Å². The van der Waals surface area contributed by atoms with E-state index in [1.807, 2.05) is 55.5 Å². The Kier molecular flexibility index (Phi) is 10.3. The van der Waals surface area contributed by atoms with Crippen molar-refractivity contribution in [1.29, 1.82) is 0 Å². The highest BCUT2D eigenvalue weighted by molar-refractivity contribution is 7.07. The molecule has 9 nitrogen and oxygen atoms in total. The fourth-order valence-corrected chi connectivity index (χ4v) is 6.21. The predicted molar refractivity (Wildman–Crippen MR) is 178 cm³/mol. The molecule has 10 heteroatoms. The van der Waals surface area contributed by atoms with E-state index >= 15 is 0 Å². The standard InChI is InChI=1S/C36H38N2O7S/c1-7-42-30-20-25(10-16-29(30)45-18-17-44-28-13-9-22(3)23(4)19-28)21-31-34(39)38-33(26-11-14-27(41-6)15-12-26)32(35(40)43-8-2)24(5)37-36(38)46-31/h9-16,19-21,33H,7-8,17-18H2,1-6H3/b31-21-/t33-/m1/s1. The fourth-order valence-electron chi connectivity index (χ4n) is 5.16. The van der Waals surface area contributed by atoms with Gasteiger partial charge in [0.05, 0.1) is 42.2 Å². The fraction of sp³-hybridized carbons (Fsp3) is 0.306. The van der Waals surface area contributed by atoms with Crippen molar-refractivity contribution >= 4 is 23.4 Å². The lowest BCUT2D eigenvalue weighted by molar-refractivity contribution is -0.139. The van der Waals surface area contributed by atoms with Crippen molar-refractivity contribution in [3.63, 3.8) is 0 Å². The lowest BCUT2D eigenvalue weighted by atomic mass is 9.96. The highest BCUT2D eigenvalue weighted by Gasteiger charge is 2.33. The number of nitrogens with zero attached hydrogens (tertiary/aromatic N) is 2. The molecular weight excluding hydrogens is 604 g/mol. The molecule has 0 saturated heterocycles. The third kappa shape index (κ3) is 7.02. The van der Waals surface area contributed by atoms with Crippen LogP contribution in [0, 0.1) is 13.8 Å². The van der Waals surface area contributed by atoms with Crippen LogP contribution in [-0.4, -0.2) is 44.1 Å². The van der Waals surface area contributed by atoms with Crippen LogP contribution in [0.4, 0.5) is 0 Å². The Bertz CT molecular complexity index is 1940. The van der Waals surface area contributed by atoms with E-state index in [0.717, 1.165) is 16.9 Å². The molecule has 0 amide bonds. The van der Waals surface area contributed by atoms with Crippen LogP contribution in [0.5, 0.6) is 23.0 Å². The summed E-state index contributed by atoms with van der Waals surface area (Å²) < 4.78 is 30.5. The van der Waals surface area contributed by atoms with Crippen LogP contribution in [0.2, 0.25) is 0 Å². The van der Waals surface area contributed by atoms with Gasteiger partial charge in [0.15, 0.2) is 16.3 Å². The summed E-state index contributed by atoms with van der Waals surface area (Å²) in [5, 5.41) is 0. The van der Waals surface area contributed by atoms with Gasteiger partial charge in [-0.1, -0.05) is 35.6 Å². The van der Waals surface area contributed by atoms with Crippen molar-refractivity contribution in [3.05, 3.63) is 114 Å². The van der Waals surface area contributed by atoms with Crippen molar-refractivity contribution in [2.24, 2.45) is 4.99 Å². The van der Waals surface area contributed by atoms with Gasteiger partial charge in [-0.25, -0.2) is 9.79 Å². The maximum absolute atomic E-state index is 14.0. The number of ether oxygens (including phenoxy) is 5. The summed E-state index contributed by atoms with van der Waals surface area (Å²) in [6, 6.07) is 18.1. The summed E-state index contributed by atoms with van der Waals surface area (Å²) in [7, 11) is 1.59. The molecule has 4 aromatic rings. The molecular formula is C36H38N2O7S. The van der Waals surface area contributed by atoms with Crippen LogP contribution in [0.3, 0.4) is 0 Å². The molecule has 0 aliphatic carbocycles. The Hall–Kier alpha value is -4.83. The van der Waals surface area contributed by atoms with Gasteiger partial charge in [-0.2, -0.15) is 0 Å². The van der Waals surface area contributed by atoms with E-state index in [1.54, 1.807) is 43.7 Å². The lowest BCUT2D eigenvalue weighted by Crippen LogP contribution is -2.39. The Morgan fingerprint density at radius 3 is 2.30 bits per heavy atom. The zero-order valence-electron chi connectivity index (χ0n) is 26.9. The Balaban J connectivity index is 1.44. The molecule has 0 N–H and O–H groups in total. The number of carbonyl (C=O) groups excluding carboxylic acids is 1. The average Bonchev–Trinajstić information content (AvgIpc) is 3.35. The smallest absolute Gasteiger partial charge is 0.338 e. The largest absolute Gasteiger partial charge is 0.497 e. The van der Waals surface area contributed by atoms with Crippen LogP contribution in [0.25, 0.3) is 6.08 Å². The number of thiazole rings is 1. The van der Waals surface area contributed by atoms with Gasteiger partial charge in [-0.05, 0) is 99.3 Å². The number of carbonyl (C=O) groups is 1. The zero-order valence-corrected chi connectivity index (χ0v) is 27.7.